The van der Waals surface area contributed by atoms with Crippen molar-refractivity contribution < 1.29 is 13.2 Å². The van der Waals surface area contributed by atoms with Crippen LogP contribution >= 0.6 is 0 Å². The van der Waals surface area contributed by atoms with E-state index in [0.717, 1.165) is 25.9 Å². The minimum atomic E-state index is -3.13. The average Bonchev–Trinajstić information content (AvgIpc) is 2.25. The van der Waals surface area contributed by atoms with E-state index in [2.05, 4.69) is 10.0 Å². The third-order valence-corrected chi connectivity index (χ3v) is 4.18. The number of hydrogen-bond donors (Lipinski definition) is 2. The fourth-order valence-electron chi connectivity index (χ4n) is 1.85. The Morgan fingerprint density at radius 2 is 2.31 bits per heavy atom. The molecule has 1 rings (SSSR count). The van der Waals surface area contributed by atoms with Crippen LogP contribution in [-0.2, 0) is 14.8 Å². The summed E-state index contributed by atoms with van der Waals surface area (Å²) in [6, 6.07) is 0. The lowest BCUT2D eigenvalue weighted by Gasteiger charge is -2.22. The van der Waals surface area contributed by atoms with Crippen molar-refractivity contribution >= 4 is 10.0 Å². The first-order valence-electron chi connectivity index (χ1n) is 5.90. The summed E-state index contributed by atoms with van der Waals surface area (Å²) in [6.07, 6.45) is 2.07. The summed E-state index contributed by atoms with van der Waals surface area (Å²) in [4.78, 5) is 0. The Morgan fingerprint density at radius 1 is 1.50 bits per heavy atom. The molecule has 0 spiro atoms. The predicted molar refractivity (Wildman–Crippen MR) is 63.9 cm³/mol. The molecular formula is C10H22N2O3S. The van der Waals surface area contributed by atoms with E-state index in [4.69, 9.17) is 4.74 Å². The molecule has 0 aromatic carbocycles. The summed E-state index contributed by atoms with van der Waals surface area (Å²) in [5.74, 6) is 0.477. The van der Waals surface area contributed by atoms with Gasteiger partial charge in [-0.1, -0.05) is 0 Å². The molecule has 0 saturated carbocycles. The number of rotatable bonds is 7. The van der Waals surface area contributed by atoms with Crippen molar-refractivity contribution in [2.24, 2.45) is 5.92 Å². The van der Waals surface area contributed by atoms with Gasteiger partial charge in [0.15, 0.2) is 0 Å². The summed E-state index contributed by atoms with van der Waals surface area (Å²) in [5.41, 5.74) is 0. The van der Waals surface area contributed by atoms with E-state index in [0.29, 0.717) is 19.8 Å². The van der Waals surface area contributed by atoms with Crippen LogP contribution in [0, 0.1) is 5.92 Å². The molecule has 6 heteroatoms. The normalized spacial score (nSPS) is 22.2. The van der Waals surface area contributed by atoms with E-state index < -0.39 is 10.0 Å². The molecule has 1 atom stereocenters. The molecule has 1 aliphatic rings. The zero-order valence-electron chi connectivity index (χ0n) is 9.87. The first-order valence-corrected chi connectivity index (χ1v) is 7.55. The maximum atomic E-state index is 11.7. The second-order valence-electron chi connectivity index (χ2n) is 4.09. The Hall–Kier alpha value is -0.170. The molecule has 0 aliphatic carbocycles. The van der Waals surface area contributed by atoms with Gasteiger partial charge in [-0.2, -0.15) is 0 Å². The minimum absolute atomic E-state index is 0.228. The molecule has 16 heavy (non-hydrogen) atoms. The van der Waals surface area contributed by atoms with Crippen LogP contribution in [0.2, 0.25) is 0 Å². The van der Waals surface area contributed by atoms with Gasteiger partial charge in [0.25, 0.3) is 0 Å². The van der Waals surface area contributed by atoms with Gasteiger partial charge in [0.05, 0.1) is 12.4 Å². The zero-order chi connectivity index (χ0) is 11.9. The molecule has 0 aromatic rings. The van der Waals surface area contributed by atoms with Crippen molar-refractivity contribution in [3.05, 3.63) is 0 Å². The Kier molecular flexibility index (Phi) is 6.26. The topological polar surface area (TPSA) is 67.4 Å². The first-order chi connectivity index (χ1) is 7.64. The lowest BCUT2D eigenvalue weighted by molar-refractivity contribution is 0.153. The standard InChI is InChI=1S/C10H22N2O3S/c1-2-15-7-6-12-16(13,14)9-10-4-3-5-11-8-10/h10-12H,2-9H2,1H3. The second kappa shape index (κ2) is 7.21. The molecule has 0 radical (unpaired) electrons. The van der Waals surface area contributed by atoms with Crippen LogP contribution in [0.3, 0.4) is 0 Å². The SMILES string of the molecule is CCOCCNS(=O)(=O)CC1CCCNC1. The highest BCUT2D eigenvalue weighted by Gasteiger charge is 2.20. The predicted octanol–water partition coefficient (Wildman–Crippen LogP) is -0.0581. The Morgan fingerprint density at radius 3 is 2.94 bits per heavy atom. The minimum Gasteiger partial charge on any atom is -0.380 e. The van der Waals surface area contributed by atoms with Gasteiger partial charge >= 0.3 is 0 Å². The van der Waals surface area contributed by atoms with Crippen LogP contribution in [0.5, 0.6) is 0 Å². The Bertz CT molecular complexity index is 274. The quantitative estimate of drug-likeness (QED) is 0.621. The summed E-state index contributed by atoms with van der Waals surface area (Å²) in [6.45, 7) is 5.14. The molecule has 1 fully saturated rings. The molecule has 0 aromatic heterocycles. The van der Waals surface area contributed by atoms with Gasteiger partial charge in [-0.3, -0.25) is 0 Å². The van der Waals surface area contributed by atoms with Crippen LogP contribution in [0.4, 0.5) is 0 Å². The summed E-state index contributed by atoms with van der Waals surface area (Å²) >= 11 is 0. The molecule has 0 bridgehead atoms. The smallest absolute Gasteiger partial charge is 0.211 e. The lowest BCUT2D eigenvalue weighted by atomic mass is 10.0. The fraction of sp³-hybridized carbons (Fsp3) is 1.00. The van der Waals surface area contributed by atoms with Gasteiger partial charge in [-0.15, -0.1) is 0 Å². The zero-order valence-corrected chi connectivity index (χ0v) is 10.7. The molecular weight excluding hydrogens is 228 g/mol. The molecule has 96 valence electrons. The van der Waals surface area contributed by atoms with Crippen molar-refractivity contribution in [1.82, 2.24) is 10.0 Å². The molecule has 1 unspecified atom stereocenters. The second-order valence-corrected chi connectivity index (χ2v) is 5.94. The molecule has 2 N–H and O–H groups in total. The summed E-state index contributed by atoms with van der Waals surface area (Å²) in [7, 11) is -3.13. The Labute approximate surface area is 98.0 Å². The third kappa shape index (κ3) is 5.79. The summed E-state index contributed by atoms with van der Waals surface area (Å²) < 4.78 is 31.0. The van der Waals surface area contributed by atoms with Gasteiger partial charge in [0.2, 0.25) is 10.0 Å². The van der Waals surface area contributed by atoms with E-state index in [1.807, 2.05) is 6.92 Å². The van der Waals surface area contributed by atoms with E-state index >= 15 is 0 Å². The third-order valence-electron chi connectivity index (χ3n) is 2.63. The monoisotopic (exact) mass is 250 g/mol. The van der Waals surface area contributed by atoms with Crippen molar-refractivity contribution in [3.63, 3.8) is 0 Å². The van der Waals surface area contributed by atoms with Gasteiger partial charge in [0, 0.05) is 13.2 Å². The Balaban J connectivity index is 2.22. The highest BCUT2D eigenvalue weighted by molar-refractivity contribution is 7.89. The number of ether oxygens (including phenoxy) is 1. The van der Waals surface area contributed by atoms with Gasteiger partial charge in [-0.25, -0.2) is 13.1 Å². The number of nitrogens with one attached hydrogen (secondary N) is 2. The average molecular weight is 250 g/mol. The lowest BCUT2D eigenvalue weighted by Crippen LogP contribution is -2.38. The number of hydrogen-bond acceptors (Lipinski definition) is 4. The molecule has 0 amide bonds. The molecule has 5 nitrogen and oxygen atoms in total. The van der Waals surface area contributed by atoms with Crippen molar-refractivity contribution in [1.29, 1.82) is 0 Å². The molecule has 1 saturated heterocycles. The maximum Gasteiger partial charge on any atom is 0.211 e. The van der Waals surface area contributed by atoms with Crippen molar-refractivity contribution in [2.75, 3.05) is 38.6 Å². The van der Waals surface area contributed by atoms with E-state index in [1.165, 1.54) is 0 Å². The van der Waals surface area contributed by atoms with Crippen LogP contribution in [0.15, 0.2) is 0 Å². The van der Waals surface area contributed by atoms with E-state index in [1.54, 1.807) is 0 Å². The van der Waals surface area contributed by atoms with Gasteiger partial charge in [0.1, 0.15) is 0 Å². The summed E-state index contributed by atoms with van der Waals surface area (Å²) in [5, 5.41) is 3.22. The fourth-order valence-corrected chi connectivity index (χ4v) is 3.27. The van der Waals surface area contributed by atoms with Crippen molar-refractivity contribution in [2.45, 2.75) is 19.8 Å². The van der Waals surface area contributed by atoms with Crippen LogP contribution in [0.25, 0.3) is 0 Å². The highest BCUT2D eigenvalue weighted by atomic mass is 32.2. The van der Waals surface area contributed by atoms with Crippen LogP contribution in [-0.4, -0.2) is 47.0 Å². The van der Waals surface area contributed by atoms with Gasteiger partial charge in [-0.05, 0) is 38.8 Å². The largest absolute Gasteiger partial charge is 0.380 e. The van der Waals surface area contributed by atoms with E-state index in [9.17, 15) is 8.42 Å². The molecule has 1 aliphatic heterocycles. The molecule has 1 heterocycles. The maximum absolute atomic E-state index is 11.7. The first kappa shape index (κ1) is 13.9. The van der Waals surface area contributed by atoms with Crippen LogP contribution < -0.4 is 10.0 Å². The van der Waals surface area contributed by atoms with Crippen molar-refractivity contribution in [3.8, 4) is 0 Å². The van der Waals surface area contributed by atoms with E-state index in [-0.39, 0.29) is 11.7 Å². The highest BCUT2D eigenvalue weighted by Crippen LogP contribution is 2.11. The number of sulfonamides is 1. The van der Waals surface area contributed by atoms with Gasteiger partial charge < -0.3 is 10.1 Å². The number of piperidine rings is 1. The van der Waals surface area contributed by atoms with Crippen LogP contribution in [0.1, 0.15) is 19.8 Å².